The molecule has 2 fully saturated rings. The summed E-state index contributed by atoms with van der Waals surface area (Å²) in [6, 6.07) is 26.9. The summed E-state index contributed by atoms with van der Waals surface area (Å²) in [7, 11) is 5.11. The predicted molar refractivity (Wildman–Crippen MR) is 140 cm³/mol. The first-order valence-corrected chi connectivity index (χ1v) is 12.6. The van der Waals surface area contributed by atoms with Gasteiger partial charge in [-0.25, -0.2) is 0 Å². The highest BCUT2D eigenvalue weighted by Gasteiger charge is 2.42. The third-order valence-electron chi connectivity index (χ3n) is 7.66. The number of piperazine rings is 1. The molecule has 0 N–H and O–H groups in total. The largest absolute Gasteiger partial charge is 0.496 e. The van der Waals surface area contributed by atoms with Gasteiger partial charge >= 0.3 is 0 Å². The van der Waals surface area contributed by atoms with E-state index < -0.39 is 0 Å². The summed E-state index contributed by atoms with van der Waals surface area (Å²) in [5.41, 5.74) is 3.85. The first-order valence-electron chi connectivity index (χ1n) is 12.6. The van der Waals surface area contributed by atoms with Crippen molar-refractivity contribution in [1.29, 1.82) is 0 Å². The fourth-order valence-corrected chi connectivity index (χ4v) is 6.07. The van der Waals surface area contributed by atoms with Gasteiger partial charge in [0.2, 0.25) is 0 Å². The Morgan fingerprint density at radius 1 is 0.800 bits per heavy atom. The first kappa shape index (κ1) is 23.7. The van der Waals surface area contributed by atoms with Crippen molar-refractivity contribution in [2.24, 2.45) is 0 Å². The quantitative estimate of drug-likeness (QED) is 0.451. The molecule has 0 radical (unpaired) electrons. The molecule has 3 aromatic carbocycles. The van der Waals surface area contributed by atoms with Crippen molar-refractivity contribution in [3.8, 4) is 17.2 Å². The van der Waals surface area contributed by atoms with Crippen molar-refractivity contribution in [1.82, 2.24) is 9.80 Å². The fourth-order valence-electron chi connectivity index (χ4n) is 6.07. The van der Waals surface area contributed by atoms with Gasteiger partial charge in [-0.2, -0.15) is 0 Å². The molecule has 0 unspecified atom stereocenters. The summed E-state index contributed by atoms with van der Waals surface area (Å²) in [5, 5.41) is 0. The van der Waals surface area contributed by atoms with E-state index in [0.717, 1.165) is 42.4 Å². The second-order valence-corrected chi connectivity index (χ2v) is 9.60. The maximum absolute atomic E-state index is 5.77. The maximum atomic E-state index is 5.77. The Balaban J connectivity index is 1.50. The molecule has 0 aliphatic carbocycles. The predicted octanol–water partition coefficient (Wildman–Crippen LogP) is 5.19. The van der Waals surface area contributed by atoms with Gasteiger partial charge in [0.25, 0.3) is 0 Å². The van der Waals surface area contributed by atoms with Gasteiger partial charge in [-0.1, -0.05) is 60.7 Å². The molecule has 0 aromatic heterocycles. The number of nitrogens with zero attached hydrogens (tertiary/aromatic N) is 2. The van der Waals surface area contributed by atoms with E-state index in [-0.39, 0.29) is 0 Å². The van der Waals surface area contributed by atoms with Gasteiger partial charge in [-0.15, -0.1) is 0 Å². The summed E-state index contributed by atoms with van der Waals surface area (Å²) in [6.07, 6.45) is 2.51. The third kappa shape index (κ3) is 4.89. The Kier molecular flexibility index (Phi) is 7.26. The second-order valence-electron chi connectivity index (χ2n) is 9.60. The molecule has 5 nitrogen and oxygen atoms in total. The minimum atomic E-state index is 0.320. The number of rotatable bonds is 8. The Labute approximate surface area is 209 Å². The van der Waals surface area contributed by atoms with E-state index in [1.165, 1.54) is 30.5 Å². The van der Waals surface area contributed by atoms with Crippen LogP contribution in [-0.2, 0) is 6.54 Å². The summed E-state index contributed by atoms with van der Waals surface area (Å²) in [4.78, 5) is 5.38. The zero-order valence-corrected chi connectivity index (χ0v) is 21.0. The molecule has 2 atom stereocenters. The molecule has 2 aliphatic rings. The van der Waals surface area contributed by atoms with Gasteiger partial charge < -0.3 is 14.2 Å². The van der Waals surface area contributed by atoms with Crippen molar-refractivity contribution >= 4 is 0 Å². The normalized spacial score (nSPS) is 20.6. The van der Waals surface area contributed by atoms with Crippen LogP contribution >= 0.6 is 0 Å². The summed E-state index contributed by atoms with van der Waals surface area (Å²) in [5.74, 6) is 2.69. The molecule has 35 heavy (non-hydrogen) atoms. The van der Waals surface area contributed by atoms with Crippen LogP contribution in [0.1, 0.15) is 35.4 Å². The lowest BCUT2D eigenvalue weighted by atomic mass is 9.82. The molecule has 2 aliphatic heterocycles. The molecular formula is C30H36N2O3. The van der Waals surface area contributed by atoms with E-state index in [1.807, 2.05) is 12.1 Å². The lowest BCUT2D eigenvalue weighted by Gasteiger charge is -2.47. The van der Waals surface area contributed by atoms with Crippen LogP contribution in [0.4, 0.5) is 0 Å². The molecule has 5 rings (SSSR count). The zero-order valence-electron chi connectivity index (χ0n) is 21.0. The van der Waals surface area contributed by atoms with E-state index in [2.05, 4.69) is 70.5 Å². The standard InChI is InChI=1S/C30H36N2O3/c1-33-25-17-28(34-2)26(29(18-25)35-3)20-31-19-24-15-10-16-32(24)27(21-31)30(22-11-6-4-7-12-22)23-13-8-5-9-14-23/h4-9,11-14,17-18,24,27,30H,10,15-16,19-21H2,1-3H3/t24-,27-/m0/s1. The molecule has 5 heteroatoms. The third-order valence-corrected chi connectivity index (χ3v) is 7.66. The molecule has 0 bridgehead atoms. The Hall–Kier alpha value is -3.02. The number of benzene rings is 3. The molecule has 0 amide bonds. The lowest BCUT2D eigenvalue weighted by Crippen LogP contribution is -2.57. The summed E-state index contributed by atoms with van der Waals surface area (Å²) >= 11 is 0. The molecule has 184 valence electrons. The molecule has 3 aromatic rings. The van der Waals surface area contributed by atoms with Crippen molar-refractivity contribution < 1.29 is 14.2 Å². The van der Waals surface area contributed by atoms with Gasteiger partial charge in [0.15, 0.2) is 0 Å². The molecule has 2 saturated heterocycles. The van der Waals surface area contributed by atoms with E-state index in [4.69, 9.17) is 14.2 Å². The monoisotopic (exact) mass is 472 g/mol. The van der Waals surface area contributed by atoms with Crippen LogP contribution in [0.5, 0.6) is 17.2 Å². The number of hydrogen-bond acceptors (Lipinski definition) is 5. The SMILES string of the molecule is COc1cc(OC)c(CN2C[C@@H]3CCCN3[C@H](C(c3ccccc3)c3ccccc3)C2)c(OC)c1. The number of methoxy groups -OCH3 is 3. The van der Waals surface area contributed by atoms with Crippen LogP contribution in [0.15, 0.2) is 72.8 Å². The highest BCUT2D eigenvalue weighted by molar-refractivity contribution is 5.50. The topological polar surface area (TPSA) is 34.2 Å². The highest BCUT2D eigenvalue weighted by atomic mass is 16.5. The molecule has 0 saturated carbocycles. The van der Waals surface area contributed by atoms with Crippen molar-refractivity contribution in [2.45, 2.75) is 37.4 Å². The molecular weight excluding hydrogens is 436 g/mol. The summed E-state index contributed by atoms with van der Waals surface area (Å²) in [6.45, 7) is 4.01. The Morgan fingerprint density at radius 2 is 1.40 bits per heavy atom. The zero-order chi connectivity index (χ0) is 24.2. The van der Waals surface area contributed by atoms with Crippen molar-refractivity contribution in [3.63, 3.8) is 0 Å². The Bertz CT molecular complexity index is 1040. The van der Waals surface area contributed by atoms with E-state index >= 15 is 0 Å². The smallest absolute Gasteiger partial charge is 0.130 e. The lowest BCUT2D eigenvalue weighted by molar-refractivity contribution is 0.0377. The number of fused-ring (bicyclic) bond motifs is 1. The first-order chi connectivity index (χ1) is 17.2. The van der Waals surface area contributed by atoms with E-state index in [9.17, 15) is 0 Å². The van der Waals surface area contributed by atoms with Crippen LogP contribution in [0.2, 0.25) is 0 Å². The van der Waals surface area contributed by atoms with Gasteiger partial charge in [-0.3, -0.25) is 9.80 Å². The van der Waals surface area contributed by atoms with Crippen LogP contribution in [0, 0.1) is 0 Å². The van der Waals surface area contributed by atoms with E-state index in [1.54, 1.807) is 21.3 Å². The van der Waals surface area contributed by atoms with Crippen LogP contribution in [-0.4, -0.2) is 62.8 Å². The number of hydrogen-bond donors (Lipinski definition) is 0. The van der Waals surface area contributed by atoms with Crippen molar-refractivity contribution in [3.05, 3.63) is 89.5 Å². The van der Waals surface area contributed by atoms with Gasteiger partial charge in [0, 0.05) is 49.8 Å². The minimum absolute atomic E-state index is 0.320. The highest BCUT2D eigenvalue weighted by Crippen LogP contribution is 2.40. The van der Waals surface area contributed by atoms with Crippen LogP contribution in [0.3, 0.4) is 0 Å². The molecule has 0 spiro atoms. The summed E-state index contributed by atoms with van der Waals surface area (Å²) < 4.78 is 17.0. The number of ether oxygens (including phenoxy) is 3. The van der Waals surface area contributed by atoms with Crippen LogP contribution in [0.25, 0.3) is 0 Å². The fraction of sp³-hybridized carbons (Fsp3) is 0.400. The average Bonchev–Trinajstić information content (AvgIpc) is 3.39. The Morgan fingerprint density at radius 3 is 1.94 bits per heavy atom. The second kappa shape index (κ2) is 10.7. The van der Waals surface area contributed by atoms with Crippen LogP contribution < -0.4 is 14.2 Å². The maximum Gasteiger partial charge on any atom is 0.130 e. The minimum Gasteiger partial charge on any atom is -0.496 e. The van der Waals surface area contributed by atoms with Gasteiger partial charge in [0.05, 0.1) is 26.9 Å². The average molecular weight is 473 g/mol. The molecule has 2 heterocycles. The van der Waals surface area contributed by atoms with Crippen molar-refractivity contribution in [2.75, 3.05) is 41.0 Å². The van der Waals surface area contributed by atoms with Gasteiger partial charge in [-0.05, 0) is 30.5 Å². The van der Waals surface area contributed by atoms with E-state index in [0.29, 0.717) is 18.0 Å². The van der Waals surface area contributed by atoms with Gasteiger partial charge in [0.1, 0.15) is 17.2 Å².